The molecule has 142 valence electrons. The molecule has 2 aromatic heterocycles. The van der Waals surface area contributed by atoms with Crippen molar-refractivity contribution in [3.8, 4) is 11.8 Å². The number of hydrogen-bond acceptors (Lipinski definition) is 5. The van der Waals surface area contributed by atoms with E-state index in [0.29, 0.717) is 22.8 Å². The first-order valence-corrected chi connectivity index (χ1v) is 8.79. The molecule has 0 aliphatic carbocycles. The quantitative estimate of drug-likeness (QED) is 0.488. The first-order valence-electron chi connectivity index (χ1n) is 8.79. The highest BCUT2D eigenvalue weighted by Gasteiger charge is 2.15. The van der Waals surface area contributed by atoms with Crippen LogP contribution in [0.25, 0.3) is 5.69 Å². The largest absolute Gasteiger partial charge is 0.465 e. The Kier molecular flexibility index (Phi) is 5.18. The minimum Gasteiger partial charge on any atom is -0.465 e. The molecular weight excluding hydrogens is 354 g/mol. The number of methoxy groups -OCH3 is 1. The predicted molar refractivity (Wildman–Crippen MR) is 107 cm³/mol. The lowest BCUT2D eigenvalue weighted by Gasteiger charge is -2.10. The summed E-state index contributed by atoms with van der Waals surface area (Å²) in [6, 6.07) is 11.4. The van der Waals surface area contributed by atoms with Crippen molar-refractivity contribution in [2.24, 2.45) is 4.99 Å². The number of nitriles is 1. The maximum absolute atomic E-state index is 11.8. The summed E-state index contributed by atoms with van der Waals surface area (Å²) in [5, 5.41) is 9.33. The third kappa shape index (κ3) is 3.35. The highest BCUT2D eigenvalue weighted by atomic mass is 16.5. The van der Waals surface area contributed by atoms with Gasteiger partial charge < -0.3 is 13.7 Å². The number of rotatable bonds is 4. The van der Waals surface area contributed by atoms with E-state index in [0.717, 1.165) is 28.2 Å². The summed E-state index contributed by atoms with van der Waals surface area (Å²) in [5.74, 6) is 0.627. The van der Waals surface area contributed by atoms with Crippen molar-refractivity contribution < 1.29 is 13.9 Å². The van der Waals surface area contributed by atoms with E-state index in [9.17, 15) is 10.1 Å². The van der Waals surface area contributed by atoms with Crippen molar-refractivity contribution in [3.05, 3.63) is 69.7 Å². The van der Waals surface area contributed by atoms with Crippen LogP contribution >= 0.6 is 0 Å². The van der Waals surface area contributed by atoms with Crippen LogP contribution in [0.2, 0.25) is 0 Å². The van der Waals surface area contributed by atoms with Gasteiger partial charge in [-0.05, 0) is 52.0 Å². The van der Waals surface area contributed by atoms with Crippen molar-refractivity contribution in [1.29, 1.82) is 5.26 Å². The molecule has 0 saturated carbocycles. The van der Waals surface area contributed by atoms with E-state index in [1.807, 2.05) is 50.5 Å². The summed E-state index contributed by atoms with van der Waals surface area (Å²) in [6.07, 6.45) is 1.70. The van der Waals surface area contributed by atoms with Gasteiger partial charge in [-0.1, -0.05) is 6.07 Å². The smallest absolute Gasteiger partial charge is 0.337 e. The minimum absolute atomic E-state index is 0.315. The monoisotopic (exact) mass is 375 g/mol. The molecule has 0 spiro atoms. The number of aryl methyl sites for hydroxylation is 2. The lowest BCUT2D eigenvalue weighted by atomic mass is 10.2. The number of carbonyl (C=O) groups is 1. The Balaban J connectivity index is 2.01. The van der Waals surface area contributed by atoms with Gasteiger partial charge in [0.25, 0.3) is 0 Å². The molecule has 0 aliphatic heterocycles. The Morgan fingerprint density at radius 3 is 2.68 bits per heavy atom. The summed E-state index contributed by atoms with van der Waals surface area (Å²) in [4.78, 5) is 16.2. The molecule has 0 N–H and O–H groups in total. The maximum atomic E-state index is 11.8. The number of hydrogen-bond donors (Lipinski definition) is 0. The number of benzene rings is 1. The van der Waals surface area contributed by atoms with Gasteiger partial charge in [0.05, 0.1) is 12.7 Å². The SMILES string of the molecule is COC(=O)c1cccc(-n2c(C)cc(C=Nc3oc(C)c(C)c3C#N)c2C)c1. The fraction of sp³-hybridized carbons (Fsp3) is 0.227. The Labute approximate surface area is 163 Å². The van der Waals surface area contributed by atoms with Gasteiger partial charge in [-0.25, -0.2) is 9.79 Å². The molecule has 1 aromatic carbocycles. The second kappa shape index (κ2) is 7.57. The van der Waals surface area contributed by atoms with Crippen molar-refractivity contribution in [1.82, 2.24) is 4.57 Å². The topological polar surface area (TPSA) is 80.5 Å². The minimum atomic E-state index is -0.376. The first kappa shape index (κ1) is 19.2. The zero-order valence-corrected chi connectivity index (χ0v) is 16.5. The average molecular weight is 375 g/mol. The number of nitrogens with zero attached hydrogens (tertiary/aromatic N) is 3. The standard InChI is InChI=1S/C22H21N3O3/c1-13-9-18(12-24-21-20(11-23)14(2)16(4)28-21)15(3)25(13)19-8-6-7-17(10-19)22(26)27-5/h6-10,12H,1-5H3. The van der Waals surface area contributed by atoms with Crippen molar-refractivity contribution in [2.75, 3.05) is 7.11 Å². The number of ether oxygens (including phenoxy) is 1. The highest BCUT2D eigenvalue weighted by molar-refractivity contribution is 5.90. The van der Waals surface area contributed by atoms with E-state index >= 15 is 0 Å². The molecule has 0 aliphatic rings. The zero-order chi connectivity index (χ0) is 20.4. The predicted octanol–water partition coefficient (Wildman–Crippen LogP) is 4.71. The summed E-state index contributed by atoms with van der Waals surface area (Å²) in [6.45, 7) is 7.62. The molecule has 0 amide bonds. The van der Waals surface area contributed by atoms with Gasteiger partial charge in [0, 0.05) is 34.4 Å². The molecule has 6 nitrogen and oxygen atoms in total. The Morgan fingerprint density at radius 2 is 2.00 bits per heavy atom. The summed E-state index contributed by atoms with van der Waals surface area (Å²) in [7, 11) is 1.36. The second-order valence-corrected chi connectivity index (χ2v) is 6.54. The van der Waals surface area contributed by atoms with E-state index in [4.69, 9.17) is 9.15 Å². The van der Waals surface area contributed by atoms with Gasteiger partial charge in [-0.2, -0.15) is 5.26 Å². The van der Waals surface area contributed by atoms with Crippen LogP contribution in [0.4, 0.5) is 5.88 Å². The van der Waals surface area contributed by atoms with E-state index in [1.54, 1.807) is 18.3 Å². The van der Waals surface area contributed by atoms with E-state index in [2.05, 4.69) is 11.1 Å². The molecular formula is C22H21N3O3. The van der Waals surface area contributed by atoms with Gasteiger partial charge in [0.2, 0.25) is 5.88 Å². The number of carbonyl (C=O) groups excluding carboxylic acids is 1. The molecule has 2 heterocycles. The molecule has 3 rings (SSSR count). The third-order valence-corrected chi connectivity index (χ3v) is 4.80. The van der Waals surface area contributed by atoms with Gasteiger partial charge in [0.15, 0.2) is 0 Å². The molecule has 0 fully saturated rings. The lowest BCUT2D eigenvalue weighted by Crippen LogP contribution is -2.04. The molecule has 6 heteroatoms. The molecule has 0 bridgehead atoms. The molecule has 28 heavy (non-hydrogen) atoms. The normalized spacial score (nSPS) is 11.0. The Morgan fingerprint density at radius 1 is 1.25 bits per heavy atom. The van der Waals surface area contributed by atoms with Crippen LogP contribution in [-0.2, 0) is 4.74 Å². The number of furan rings is 1. The first-order chi connectivity index (χ1) is 13.4. The Bertz CT molecular complexity index is 1130. The fourth-order valence-corrected chi connectivity index (χ4v) is 3.17. The molecule has 3 aromatic rings. The van der Waals surface area contributed by atoms with E-state index < -0.39 is 0 Å². The van der Waals surface area contributed by atoms with E-state index in [-0.39, 0.29) is 5.97 Å². The maximum Gasteiger partial charge on any atom is 0.337 e. The number of aliphatic imine (C=N–C) groups is 1. The van der Waals surface area contributed by atoms with Gasteiger partial charge in [-0.3, -0.25) is 0 Å². The highest BCUT2D eigenvalue weighted by Crippen LogP contribution is 2.28. The average Bonchev–Trinajstić information content (AvgIpc) is 3.13. The molecule has 0 saturated heterocycles. The van der Waals surface area contributed by atoms with Crippen LogP contribution < -0.4 is 0 Å². The van der Waals surface area contributed by atoms with E-state index in [1.165, 1.54) is 7.11 Å². The van der Waals surface area contributed by atoms with Crippen LogP contribution in [0.3, 0.4) is 0 Å². The number of aromatic nitrogens is 1. The second-order valence-electron chi connectivity index (χ2n) is 6.54. The van der Waals surface area contributed by atoms with Crippen LogP contribution in [0.15, 0.2) is 39.7 Å². The van der Waals surface area contributed by atoms with Crippen molar-refractivity contribution in [3.63, 3.8) is 0 Å². The third-order valence-electron chi connectivity index (χ3n) is 4.80. The van der Waals surface area contributed by atoms with Crippen molar-refractivity contribution in [2.45, 2.75) is 27.7 Å². The summed E-state index contributed by atoms with van der Waals surface area (Å²) in [5.41, 5.74) is 5.46. The Hall–Kier alpha value is -3.59. The van der Waals surface area contributed by atoms with Gasteiger partial charge >= 0.3 is 5.97 Å². The lowest BCUT2D eigenvalue weighted by molar-refractivity contribution is 0.0600. The molecule has 0 unspecified atom stereocenters. The van der Waals surface area contributed by atoms with Gasteiger partial charge in [0.1, 0.15) is 17.4 Å². The molecule has 0 radical (unpaired) electrons. The fourth-order valence-electron chi connectivity index (χ4n) is 3.17. The van der Waals surface area contributed by atoms with Crippen molar-refractivity contribution >= 4 is 18.1 Å². The summed E-state index contributed by atoms with van der Waals surface area (Å²) >= 11 is 0. The van der Waals surface area contributed by atoms with Crippen LogP contribution in [0, 0.1) is 39.0 Å². The zero-order valence-electron chi connectivity index (χ0n) is 16.5. The van der Waals surface area contributed by atoms with Crippen LogP contribution in [-0.4, -0.2) is 23.9 Å². The van der Waals surface area contributed by atoms with Gasteiger partial charge in [-0.15, -0.1) is 0 Å². The molecule has 0 atom stereocenters. The van der Waals surface area contributed by atoms with Crippen LogP contribution in [0.5, 0.6) is 0 Å². The van der Waals surface area contributed by atoms with Crippen LogP contribution in [0.1, 0.15) is 44.2 Å². The summed E-state index contributed by atoms with van der Waals surface area (Å²) < 4.78 is 12.4. The number of esters is 1.